The van der Waals surface area contributed by atoms with E-state index in [9.17, 15) is 15.0 Å². The maximum Gasteiger partial charge on any atom is 0.337 e. The molecule has 2 aromatic carbocycles. The number of benzene rings is 2. The highest BCUT2D eigenvalue weighted by atomic mass is 35.5. The van der Waals surface area contributed by atoms with E-state index in [-0.39, 0.29) is 11.7 Å². The molecule has 0 bridgehead atoms. The van der Waals surface area contributed by atoms with Crippen LogP contribution in [0.3, 0.4) is 0 Å². The van der Waals surface area contributed by atoms with Crippen molar-refractivity contribution in [2.24, 2.45) is 0 Å². The molecule has 1 aliphatic carbocycles. The van der Waals surface area contributed by atoms with E-state index in [4.69, 9.17) is 16.3 Å². The first-order valence-corrected chi connectivity index (χ1v) is 9.40. The third kappa shape index (κ3) is 3.53. The summed E-state index contributed by atoms with van der Waals surface area (Å²) >= 11 is 6.41. The van der Waals surface area contributed by atoms with Crippen LogP contribution in [0.2, 0.25) is 5.02 Å². The number of nitrogens with one attached hydrogen (secondary N) is 1. The smallest absolute Gasteiger partial charge is 0.337 e. The Labute approximate surface area is 161 Å². The van der Waals surface area contributed by atoms with Crippen LogP contribution in [-0.2, 0) is 0 Å². The number of aromatic carboxylic acids is 1. The number of aromatic amines is 1. The zero-order valence-corrected chi connectivity index (χ0v) is 15.4. The second kappa shape index (κ2) is 7.25. The van der Waals surface area contributed by atoms with Gasteiger partial charge >= 0.3 is 5.97 Å². The fraction of sp³-hybridized carbons (Fsp3) is 0.286. The molecule has 2 unspecified atom stereocenters. The standard InChI is InChI=1S/C21H20ClNO4/c22-17-10-18-15(16(11-23-18)21(25)26)9-14(17)12-5-7-13(8-6-12)27-20-4-2-1-3-19(20)24/h5-11,19-20,23-24H,1-4H2,(H,25,26). The van der Waals surface area contributed by atoms with Crippen molar-refractivity contribution in [3.8, 4) is 16.9 Å². The van der Waals surface area contributed by atoms with Gasteiger partial charge in [0.15, 0.2) is 0 Å². The number of aliphatic hydroxyl groups excluding tert-OH is 1. The van der Waals surface area contributed by atoms with Gasteiger partial charge in [-0.25, -0.2) is 4.79 Å². The number of hydrogen-bond donors (Lipinski definition) is 3. The molecule has 0 amide bonds. The van der Waals surface area contributed by atoms with Crippen molar-refractivity contribution in [1.29, 1.82) is 0 Å². The molecular weight excluding hydrogens is 366 g/mol. The Morgan fingerprint density at radius 2 is 1.89 bits per heavy atom. The van der Waals surface area contributed by atoms with Gasteiger partial charge in [-0.3, -0.25) is 0 Å². The van der Waals surface area contributed by atoms with Crippen LogP contribution in [0.1, 0.15) is 36.0 Å². The number of ether oxygens (including phenoxy) is 1. The fourth-order valence-corrected chi connectivity index (χ4v) is 3.92. The molecule has 1 heterocycles. The molecule has 140 valence electrons. The average molecular weight is 386 g/mol. The average Bonchev–Trinajstić information content (AvgIpc) is 3.06. The summed E-state index contributed by atoms with van der Waals surface area (Å²) < 4.78 is 5.93. The van der Waals surface area contributed by atoms with Crippen LogP contribution < -0.4 is 4.74 Å². The molecule has 1 aromatic heterocycles. The van der Waals surface area contributed by atoms with Gasteiger partial charge in [0.2, 0.25) is 0 Å². The van der Waals surface area contributed by atoms with Gasteiger partial charge in [-0.05, 0) is 49.1 Å². The summed E-state index contributed by atoms with van der Waals surface area (Å²) in [6.45, 7) is 0. The lowest BCUT2D eigenvalue weighted by atomic mass is 9.95. The van der Waals surface area contributed by atoms with Crippen molar-refractivity contribution >= 4 is 28.5 Å². The number of aromatic nitrogens is 1. The Kier molecular flexibility index (Phi) is 4.81. The summed E-state index contributed by atoms with van der Waals surface area (Å²) in [7, 11) is 0. The van der Waals surface area contributed by atoms with Crippen LogP contribution in [0.25, 0.3) is 22.0 Å². The summed E-state index contributed by atoms with van der Waals surface area (Å²) in [5, 5.41) is 20.5. The predicted molar refractivity (Wildman–Crippen MR) is 105 cm³/mol. The number of carboxylic acids is 1. The molecule has 5 nitrogen and oxygen atoms in total. The van der Waals surface area contributed by atoms with E-state index >= 15 is 0 Å². The van der Waals surface area contributed by atoms with Crippen LogP contribution in [0.5, 0.6) is 5.75 Å². The summed E-state index contributed by atoms with van der Waals surface area (Å²) in [4.78, 5) is 14.3. The number of rotatable bonds is 4. The molecule has 2 atom stereocenters. The van der Waals surface area contributed by atoms with E-state index < -0.39 is 12.1 Å². The summed E-state index contributed by atoms with van der Waals surface area (Å²) in [5.74, 6) is -0.279. The van der Waals surface area contributed by atoms with Gasteiger partial charge in [-0.2, -0.15) is 0 Å². The largest absolute Gasteiger partial charge is 0.488 e. The first-order chi connectivity index (χ1) is 13.0. The van der Waals surface area contributed by atoms with E-state index in [1.807, 2.05) is 24.3 Å². The molecule has 27 heavy (non-hydrogen) atoms. The number of carboxylic acid groups (broad SMARTS) is 1. The van der Waals surface area contributed by atoms with Gasteiger partial charge in [0.25, 0.3) is 0 Å². The van der Waals surface area contributed by atoms with Crippen LogP contribution in [0, 0.1) is 0 Å². The molecule has 4 rings (SSSR count). The van der Waals surface area contributed by atoms with Gasteiger partial charge in [0.1, 0.15) is 11.9 Å². The maximum absolute atomic E-state index is 11.4. The Bertz CT molecular complexity index is 980. The lowest BCUT2D eigenvalue weighted by molar-refractivity contribution is 0.00688. The van der Waals surface area contributed by atoms with E-state index in [0.717, 1.165) is 36.8 Å². The number of carbonyl (C=O) groups is 1. The summed E-state index contributed by atoms with van der Waals surface area (Å²) in [6.07, 6.45) is 4.63. The van der Waals surface area contributed by atoms with Gasteiger partial charge in [0.05, 0.1) is 16.7 Å². The van der Waals surface area contributed by atoms with E-state index in [1.54, 1.807) is 12.1 Å². The quantitative estimate of drug-likeness (QED) is 0.598. The molecular formula is C21H20ClNO4. The SMILES string of the molecule is O=C(O)c1c[nH]c2cc(Cl)c(-c3ccc(OC4CCCCC4O)cc3)cc12. The molecule has 0 saturated heterocycles. The highest BCUT2D eigenvalue weighted by molar-refractivity contribution is 6.34. The fourth-order valence-electron chi connectivity index (χ4n) is 3.64. The lowest BCUT2D eigenvalue weighted by Crippen LogP contribution is -2.34. The predicted octanol–water partition coefficient (Wildman–Crippen LogP) is 4.87. The molecule has 0 spiro atoms. The number of halogens is 1. The van der Waals surface area contributed by atoms with Gasteiger partial charge in [-0.1, -0.05) is 30.2 Å². The van der Waals surface area contributed by atoms with Gasteiger partial charge in [-0.15, -0.1) is 0 Å². The second-order valence-electron chi connectivity index (χ2n) is 6.92. The normalized spacial score (nSPS) is 19.9. The number of H-pyrrole nitrogens is 1. The Balaban J connectivity index is 1.62. The maximum atomic E-state index is 11.4. The molecule has 3 aromatic rings. The number of fused-ring (bicyclic) bond motifs is 1. The van der Waals surface area contributed by atoms with Crippen molar-refractivity contribution < 1.29 is 19.7 Å². The first kappa shape index (κ1) is 17.9. The van der Waals surface area contributed by atoms with E-state index in [0.29, 0.717) is 21.7 Å². The Morgan fingerprint density at radius 3 is 2.59 bits per heavy atom. The Morgan fingerprint density at radius 1 is 1.15 bits per heavy atom. The van der Waals surface area contributed by atoms with Crippen molar-refractivity contribution in [3.05, 3.63) is 53.2 Å². The monoisotopic (exact) mass is 385 g/mol. The summed E-state index contributed by atoms with van der Waals surface area (Å²) in [5.41, 5.74) is 2.54. The third-order valence-electron chi connectivity index (χ3n) is 5.12. The molecule has 1 fully saturated rings. The third-order valence-corrected chi connectivity index (χ3v) is 5.43. The zero-order chi connectivity index (χ0) is 19.0. The van der Waals surface area contributed by atoms with Crippen molar-refractivity contribution in [2.75, 3.05) is 0 Å². The van der Waals surface area contributed by atoms with Gasteiger partial charge in [0, 0.05) is 22.7 Å². The molecule has 1 aliphatic rings. The van der Waals surface area contributed by atoms with Crippen molar-refractivity contribution in [3.63, 3.8) is 0 Å². The van der Waals surface area contributed by atoms with Crippen LogP contribution in [0.15, 0.2) is 42.6 Å². The molecule has 0 radical (unpaired) electrons. The molecule has 3 N–H and O–H groups in total. The minimum absolute atomic E-state index is 0.164. The molecule has 0 aliphatic heterocycles. The molecule has 1 saturated carbocycles. The van der Waals surface area contributed by atoms with E-state index in [2.05, 4.69) is 4.98 Å². The topological polar surface area (TPSA) is 82.5 Å². The van der Waals surface area contributed by atoms with Crippen LogP contribution >= 0.6 is 11.6 Å². The van der Waals surface area contributed by atoms with Crippen molar-refractivity contribution in [1.82, 2.24) is 4.98 Å². The Hall–Kier alpha value is -2.50. The van der Waals surface area contributed by atoms with Crippen molar-refractivity contribution in [2.45, 2.75) is 37.9 Å². The van der Waals surface area contributed by atoms with E-state index in [1.165, 1.54) is 6.20 Å². The van der Waals surface area contributed by atoms with Gasteiger partial charge < -0.3 is 19.9 Å². The lowest BCUT2D eigenvalue weighted by Gasteiger charge is -2.28. The first-order valence-electron chi connectivity index (χ1n) is 9.02. The van der Waals surface area contributed by atoms with Crippen LogP contribution in [-0.4, -0.2) is 33.4 Å². The highest BCUT2D eigenvalue weighted by Crippen LogP contribution is 2.34. The zero-order valence-electron chi connectivity index (χ0n) is 14.6. The summed E-state index contributed by atoms with van der Waals surface area (Å²) in [6, 6.07) is 11.0. The molecule has 6 heteroatoms. The van der Waals surface area contributed by atoms with Crippen LogP contribution in [0.4, 0.5) is 0 Å². The number of aliphatic hydroxyl groups is 1. The minimum atomic E-state index is -0.982. The second-order valence-corrected chi connectivity index (χ2v) is 7.32. The minimum Gasteiger partial charge on any atom is -0.488 e. The number of hydrogen-bond acceptors (Lipinski definition) is 3. The highest BCUT2D eigenvalue weighted by Gasteiger charge is 2.24.